The zero-order valence-electron chi connectivity index (χ0n) is 15.4. The second-order valence-electron chi connectivity index (χ2n) is 6.79. The molecule has 0 N–H and O–H groups in total. The van der Waals surface area contributed by atoms with Crippen molar-refractivity contribution in [1.82, 2.24) is 15.0 Å². The lowest BCUT2D eigenvalue weighted by atomic mass is 10.1. The van der Waals surface area contributed by atoms with Crippen molar-refractivity contribution in [3.05, 3.63) is 42.2 Å². The number of anilines is 2. The maximum Gasteiger partial charge on any atom is 0.224 e. The highest BCUT2D eigenvalue weighted by molar-refractivity contribution is 5.88. The Labute approximate surface area is 153 Å². The standard InChI is InChI=1S/C20H23N5O/c1-14-10-19(15-12-21-20(22-13-15)24(2)3)23-18-5-4-16(11-17(14)18)25-6-8-26-9-7-25/h4-5,10-13H,6-9H2,1-3H3. The number of aromatic nitrogens is 3. The third-order valence-electron chi connectivity index (χ3n) is 4.71. The summed E-state index contributed by atoms with van der Waals surface area (Å²) in [6, 6.07) is 8.60. The van der Waals surface area contributed by atoms with Gasteiger partial charge >= 0.3 is 0 Å². The average Bonchev–Trinajstić information content (AvgIpc) is 2.68. The van der Waals surface area contributed by atoms with E-state index >= 15 is 0 Å². The molecule has 1 aliphatic heterocycles. The SMILES string of the molecule is Cc1cc(-c2cnc(N(C)C)nc2)nc2ccc(N3CCOCC3)cc12. The van der Waals surface area contributed by atoms with Crippen LogP contribution in [0.3, 0.4) is 0 Å². The molecule has 1 aromatic carbocycles. The van der Waals surface area contributed by atoms with Gasteiger partial charge in [0.2, 0.25) is 5.95 Å². The van der Waals surface area contributed by atoms with Gasteiger partial charge in [-0.1, -0.05) is 0 Å². The van der Waals surface area contributed by atoms with Crippen molar-refractivity contribution in [3.63, 3.8) is 0 Å². The van der Waals surface area contributed by atoms with E-state index in [0.717, 1.165) is 43.1 Å². The minimum atomic E-state index is 0.696. The van der Waals surface area contributed by atoms with Gasteiger partial charge in [-0.05, 0) is 36.8 Å². The van der Waals surface area contributed by atoms with E-state index in [4.69, 9.17) is 9.72 Å². The van der Waals surface area contributed by atoms with Crippen LogP contribution >= 0.6 is 0 Å². The topological polar surface area (TPSA) is 54.4 Å². The minimum absolute atomic E-state index is 0.696. The Morgan fingerprint density at radius 2 is 1.77 bits per heavy atom. The van der Waals surface area contributed by atoms with Crippen LogP contribution in [0, 0.1) is 6.92 Å². The van der Waals surface area contributed by atoms with E-state index in [0.29, 0.717) is 5.95 Å². The van der Waals surface area contributed by atoms with Crippen molar-refractivity contribution >= 4 is 22.5 Å². The van der Waals surface area contributed by atoms with E-state index in [9.17, 15) is 0 Å². The molecule has 26 heavy (non-hydrogen) atoms. The van der Waals surface area contributed by atoms with Crippen molar-refractivity contribution < 1.29 is 4.74 Å². The Hall–Kier alpha value is -2.73. The molecule has 6 nitrogen and oxygen atoms in total. The van der Waals surface area contributed by atoms with Crippen LogP contribution in [0.5, 0.6) is 0 Å². The number of aryl methyl sites for hydroxylation is 1. The number of fused-ring (bicyclic) bond motifs is 1. The van der Waals surface area contributed by atoms with Gasteiger partial charge in [0.15, 0.2) is 0 Å². The first-order chi connectivity index (χ1) is 12.6. The maximum absolute atomic E-state index is 5.45. The molecule has 0 amide bonds. The predicted molar refractivity (Wildman–Crippen MR) is 105 cm³/mol. The quantitative estimate of drug-likeness (QED) is 0.725. The predicted octanol–water partition coefficient (Wildman–Crippen LogP) is 2.90. The second-order valence-corrected chi connectivity index (χ2v) is 6.79. The van der Waals surface area contributed by atoms with Crippen LogP contribution in [0.15, 0.2) is 36.7 Å². The molecule has 2 aromatic heterocycles. The molecule has 0 atom stereocenters. The molecule has 1 fully saturated rings. The van der Waals surface area contributed by atoms with Gasteiger partial charge in [0.25, 0.3) is 0 Å². The van der Waals surface area contributed by atoms with Crippen molar-refractivity contribution in [2.24, 2.45) is 0 Å². The molecule has 3 aromatic rings. The molecule has 1 saturated heterocycles. The molecular formula is C20H23N5O. The number of rotatable bonds is 3. The summed E-state index contributed by atoms with van der Waals surface area (Å²) >= 11 is 0. The van der Waals surface area contributed by atoms with Crippen LogP contribution in [-0.2, 0) is 4.74 Å². The summed E-state index contributed by atoms with van der Waals surface area (Å²) in [6.07, 6.45) is 3.66. The minimum Gasteiger partial charge on any atom is -0.378 e. The lowest BCUT2D eigenvalue weighted by molar-refractivity contribution is 0.122. The van der Waals surface area contributed by atoms with Gasteiger partial charge in [-0.15, -0.1) is 0 Å². The Kier molecular flexibility index (Phi) is 4.42. The maximum atomic E-state index is 5.45. The fourth-order valence-electron chi connectivity index (χ4n) is 3.23. The Balaban J connectivity index is 1.70. The number of morpholine rings is 1. The third-order valence-corrected chi connectivity index (χ3v) is 4.71. The van der Waals surface area contributed by atoms with Gasteiger partial charge in [-0.25, -0.2) is 15.0 Å². The van der Waals surface area contributed by atoms with Crippen molar-refractivity contribution in [2.45, 2.75) is 6.92 Å². The van der Waals surface area contributed by atoms with Crippen LogP contribution < -0.4 is 9.80 Å². The molecule has 3 heterocycles. The molecule has 0 unspecified atom stereocenters. The lowest BCUT2D eigenvalue weighted by Gasteiger charge is -2.29. The Bertz CT molecular complexity index is 917. The van der Waals surface area contributed by atoms with Crippen molar-refractivity contribution in [3.8, 4) is 11.3 Å². The van der Waals surface area contributed by atoms with Crippen molar-refractivity contribution in [1.29, 1.82) is 0 Å². The van der Waals surface area contributed by atoms with Crippen LogP contribution in [0.4, 0.5) is 11.6 Å². The zero-order valence-corrected chi connectivity index (χ0v) is 15.4. The first kappa shape index (κ1) is 16.7. The number of benzene rings is 1. The molecule has 4 rings (SSSR count). The Morgan fingerprint density at radius 3 is 2.46 bits per heavy atom. The van der Waals surface area contributed by atoms with Gasteiger partial charge in [0.05, 0.1) is 24.4 Å². The number of hydrogen-bond donors (Lipinski definition) is 0. The second kappa shape index (κ2) is 6.88. The number of nitrogens with zero attached hydrogens (tertiary/aromatic N) is 5. The number of ether oxygens (including phenoxy) is 1. The van der Waals surface area contributed by atoms with Gasteiger partial charge in [-0.2, -0.15) is 0 Å². The summed E-state index contributed by atoms with van der Waals surface area (Å²) in [7, 11) is 3.86. The number of pyridine rings is 1. The monoisotopic (exact) mass is 349 g/mol. The average molecular weight is 349 g/mol. The van der Waals surface area contributed by atoms with Gasteiger partial charge < -0.3 is 14.5 Å². The summed E-state index contributed by atoms with van der Waals surface area (Å²) in [5.74, 6) is 0.696. The van der Waals surface area contributed by atoms with Crippen LogP contribution in [-0.4, -0.2) is 55.4 Å². The summed E-state index contributed by atoms with van der Waals surface area (Å²) in [5, 5.41) is 1.18. The van der Waals surface area contributed by atoms with Crippen LogP contribution in [0.1, 0.15) is 5.56 Å². The largest absolute Gasteiger partial charge is 0.378 e. The summed E-state index contributed by atoms with van der Waals surface area (Å²) in [5.41, 5.74) is 5.26. The smallest absolute Gasteiger partial charge is 0.224 e. The van der Waals surface area contributed by atoms with E-state index in [2.05, 4.69) is 46.1 Å². The summed E-state index contributed by atoms with van der Waals surface area (Å²) in [6.45, 7) is 5.58. The molecule has 134 valence electrons. The fraction of sp³-hybridized carbons (Fsp3) is 0.350. The summed E-state index contributed by atoms with van der Waals surface area (Å²) < 4.78 is 5.45. The van der Waals surface area contributed by atoms with Gasteiger partial charge in [0, 0.05) is 56.2 Å². The molecule has 0 aliphatic carbocycles. The van der Waals surface area contributed by atoms with Gasteiger partial charge in [0.1, 0.15) is 0 Å². The van der Waals surface area contributed by atoms with E-state index < -0.39 is 0 Å². The highest BCUT2D eigenvalue weighted by Crippen LogP contribution is 2.28. The van der Waals surface area contributed by atoms with E-state index in [1.165, 1.54) is 16.6 Å². The first-order valence-corrected chi connectivity index (χ1v) is 8.86. The molecule has 0 saturated carbocycles. The molecule has 6 heteroatoms. The van der Waals surface area contributed by atoms with Crippen LogP contribution in [0.2, 0.25) is 0 Å². The third kappa shape index (κ3) is 3.20. The highest BCUT2D eigenvalue weighted by Gasteiger charge is 2.13. The Morgan fingerprint density at radius 1 is 1.04 bits per heavy atom. The molecule has 0 radical (unpaired) electrons. The van der Waals surface area contributed by atoms with Crippen LogP contribution in [0.25, 0.3) is 22.2 Å². The van der Waals surface area contributed by atoms with E-state index in [1.807, 2.05) is 31.4 Å². The fourth-order valence-corrected chi connectivity index (χ4v) is 3.23. The van der Waals surface area contributed by atoms with E-state index in [-0.39, 0.29) is 0 Å². The van der Waals surface area contributed by atoms with Gasteiger partial charge in [-0.3, -0.25) is 0 Å². The molecule has 0 bridgehead atoms. The normalized spacial score (nSPS) is 14.7. The van der Waals surface area contributed by atoms with E-state index in [1.54, 1.807) is 0 Å². The molecule has 0 spiro atoms. The lowest BCUT2D eigenvalue weighted by Crippen LogP contribution is -2.36. The first-order valence-electron chi connectivity index (χ1n) is 8.86. The van der Waals surface area contributed by atoms with Crippen molar-refractivity contribution in [2.75, 3.05) is 50.2 Å². The molecule has 1 aliphatic rings. The number of hydrogen-bond acceptors (Lipinski definition) is 6. The summed E-state index contributed by atoms with van der Waals surface area (Å²) in [4.78, 5) is 17.9. The zero-order chi connectivity index (χ0) is 18.1. The molecular weight excluding hydrogens is 326 g/mol. The highest BCUT2D eigenvalue weighted by atomic mass is 16.5.